The van der Waals surface area contributed by atoms with Gasteiger partial charge in [0, 0.05) is 54.1 Å². The molecule has 1 atom stereocenters. The van der Waals surface area contributed by atoms with Gasteiger partial charge in [0.15, 0.2) is 0 Å². The van der Waals surface area contributed by atoms with Crippen LogP contribution in [0.5, 0.6) is 0 Å². The lowest BCUT2D eigenvalue weighted by Gasteiger charge is -2.23. The normalized spacial score (nSPS) is 12.8. The molecular weight excluding hydrogens is 459 g/mol. The standard InChI is InChI=1S/C25H30F3N5O2/c1-14(2)5-19(34)6-16-7-20-21(12-31-23(20)30-9-16)17-8-18(11-29-10-17)33-22(15(3)4)24(35)32-13-25(26,27)28/h7-12,14-15,22,33H,5-6,13H2,1-4H3,(H,30,31)(H,32,35). The van der Waals surface area contributed by atoms with Crippen LogP contribution < -0.4 is 10.6 Å². The summed E-state index contributed by atoms with van der Waals surface area (Å²) >= 11 is 0. The first kappa shape index (κ1) is 26.2. The van der Waals surface area contributed by atoms with E-state index in [-0.39, 0.29) is 17.6 Å². The number of fused-ring (bicyclic) bond motifs is 1. The van der Waals surface area contributed by atoms with E-state index >= 15 is 0 Å². The number of H-pyrrole nitrogens is 1. The summed E-state index contributed by atoms with van der Waals surface area (Å²) < 4.78 is 37.6. The van der Waals surface area contributed by atoms with E-state index in [4.69, 9.17) is 0 Å². The van der Waals surface area contributed by atoms with E-state index in [0.717, 1.165) is 22.1 Å². The number of hydrogen-bond donors (Lipinski definition) is 3. The third-order valence-electron chi connectivity index (χ3n) is 5.41. The second-order valence-electron chi connectivity index (χ2n) is 9.42. The van der Waals surface area contributed by atoms with E-state index in [1.807, 2.05) is 25.2 Å². The minimum Gasteiger partial charge on any atom is -0.372 e. The van der Waals surface area contributed by atoms with Crippen molar-refractivity contribution < 1.29 is 22.8 Å². The number of aromatic nitrogens is 3. The molecule has 0 aliphatic carbocycles. The van der Waals surface area contributed by atoms with Gasteiger partial charge in [0.1, 0.15) is 24.0 Å². The van der Waals surface area contributed by atoms with Gasteiger partial charge in [-0.3, -0.25) is 14.6 Å². The Morgan fingerprint density at radius 3 is 2.49 bits per heavy atom. The van der Waals surface area contributed by atoms with Crippen molar-refractivity contribution in [3.63, 3.8) is 0 Å². The van der Waals surface area contributed by atoms with Gasteiger partial charge in [-0.25, -0.2) is 4.98 Å². The molecule has 3 heterocycles. The lowest BCUT2D eigenvalue weighted by molar-refractivity contribution is -0.139. The summed E-state index contributed by atoms with van der Waals surface area (Å²) in [7, 11) is 0. The Bertz CT molecular complexity index is 1190. The molecule has 0 aliphatic rings. The van der Waals surface area contributed by atoms with E-state index in [1.165, 1.54) is 6.20 Å². The lowest BCUT2D eigenvalue weighted by atomic mass is 10.0. The summed E-state index contributed by atoms with van der Waals surface area (Å²) in [6.07, 6.45) is 2.95. The first-order valence-electron chi connectivity index (χ1n) is 11.5. The highest BCUT2D eigenvalue weighted by Gasteiger charge is 2.30. The Labute approximate surface area is 201 Å². The highest BCUT2D eigenvalue weighted by atomic mass is 19.4. The van der Waals surface area contributed by atoms with Crippen LogP contribution in [0.3, 0.4) is 0 Å². The number of rotatable bonds is 10. The molecule has 0 fully saturated rings. The number of anilines is 1. The number of nitrogens with one attached hydrogen (secondary N) is 3. The van der Waals surface area contributed by atoms with Gasteiger partial charge in [0.05, 0.1) is 5.69 Å². The van der Waals surface area contributed by atoms with Crippen molar-refractivity contribution >= 4 is 28.4 Å². The number of ketones is 1. The number of halogens is 3. The zero-order chi connectivity index (χ0) is 25.8. The number of amides is 1. The minimum atomic E-state index is -4.49. The fraction of sp³-hybridized carbons (Fsp3) is 0.440. The number of hydrogen-bond acceptors (Lipinski definition) is 5. The molecular formula is C25H30F3N5O2. The van der Waals surface area contributed by atoms with Crippen LogP contribution >= 0.6 is 0 Å². The van der Waals surface area contributed by atoms with Crippen LogP contribution in [0.4, 0.5) is 18.9 Å². The molecule has 7 nitrogen and oxygen atoms in total. The predicted octanol–water partition coefficient (Wildman–Crippen LogP) is 4.90. The van der Waals surface area contributed by atoms with Crippen molar-refractivity contribution in [2.75, 3.05) is 11.9 Å². The van der Waals surface area contributed by atoms with Crippen LogP contribution in [-0.2, 0) is 16.0 Å². The maximum atomic E-state index is 12.5. The first-order chi connectivity index (χ1) is 16.4. The highest BCUT2D eigenvalue weighted by molar-refractivity contribution is 5.95. The molecule has 0 radical (unpaired) electrons. The van der Waals surface area contributed by atoms with Crippen molar-refractivity contribution in [1.82, 2.24) is 20.3 Å². The smallest absolute Gasteiger partial charge is 0.372 e. The van der Waals surface area contributed by atoms with E-state index in [1.54, 1.807) is 38.5 Å². The third kappa shape index (κ3) is 7.27. The molecule has 3 N–H and O–H groups in total. The zero-order valence-corrected chi connectivity index (χ0v) is 20.2. The monoisotopic (exact) mass is 489 g/mol. The fourth-order valence-electron chi connectivity index (χ4n) is 3.82. The number of pyridine rings is 2. The number of aromatic amines is 1. The molecule has 3 aromatic rings. The number of carbonyl (C=O) groups is 2. The third-order valence-corrected chi connectivity index (χ3v) is 5.41. The molecule has 0 bridgehead atoms. The largest absolute Gasteiger partial charge is 0.405 e. The topological polar surface area (TPSA) is 99.8 Å². The van der Waals surface area contributed by atoms with E-state index in [2.05, 4.69) is 20.3 Å². The minimum absolute atomic E-state index is 0.148. The van der Waals surface area contributed by atoms with Crippen LogP contribution in [0, 0.1) is 11.8 Å². The van der Waals surface area contributed by atoms with Crippen molar-refractivity contribution in [1.29, 1.82) is 0 Å². The van der Waals surface area contributed by atoms with Crippen LogP contribution in [0.1, 0.15) is 39.7 Å². The average Bonchev–Trinajstić information content (AvgIpc) is 3.18. The van der Waals surface area contributed by atoms with Gasteiger partial charge in [-0.05, 0) is 29.5 Å². The number of Topliss-reactive ketones (excluding diaryl/α,β-unsaturated/α-hetero) is 1. The molecule has 0 aromatic carbocycles. The molecule has 1 amide bonds. The molecule has 0 aliphatic heterocycles. The number of nitrogens with zero attached hydrogens (tertiary/aromatic N) is 2. The number of carbonyl (C=O) groups excluding carboxylic acids is 2. The molecule has 0 saturated carbocycles. The lowest BCUT2D eigenvalue weighted by Crippen LogP contribution is -2.46. The molecule has 0 saturated heterocycles. The van der Waals surface area contributed by atoms with E-state index in [0.29, 0.717) is 24.2 Å². The molecule has 10 heteroatoms. The highest BCUT2D eigenvalue weighted by Crippen LogP contribution is 2.30. The molecule has 35 heavy (non-hydrogen) atoms. The maximum Gasteiger partial charge on any atom is 0.405 e. The van der Waals surface area contributed by atoms with Crippen LogP contribution in [0.2, 0.25) is 0 Å². The average molecular weight is 490 g/mol. The fourth-order valence-corrected chi connectivity index (χ4v) is 3.82. The molecule has 188 valence electrons. The van der Waals surface area contributed by atoms with Gasteiger partial charge >= 0.3 is 6.18 Å². The summed E-state index contributed by atoms with van der Waals surface area (Å²) in [5, 5.41) is 5.77. The van der Waals surface area contributed by atoms with Crippen LogP contribution in [0.25, 0.3) is 22.2 Å². The van der Waals surface area contributed by atoms with Gasteiger partial charge < -0.3 is 15.6 Å². The molecule has 3 aromatic heterocycles. The van der Waals surface area contributed by atoms with Gasteiger partial charge in [-0.2, -0.15) is 13.2 Å². The quantitative estimate of drug-likeness (QED) is 0.376. The summed E-state index contributed by atoms with van der Waals surface area (Å²) in [6.45, 7) is 6.10. The summed E-state index contributed by atoms with van der Waals surface area (Å²) in [6, 6.07) is 2.82. The van der Waals surface area contributed by atoms with Gasteiger partial charge in [-0.1, -0.05) is 27.7 Å². The van der Waals surface area contributed by atoms with E-state index in [9.17, 15) is 22.8 Å². The first-order valence-corrected chi connectivity index (χ1v) is 11.5. The summed E-state index contributed by atoms with van der Waals surface area (Å²) in [5.74, 6) is -0.576. The van der Waals surface area contributed by atoms with Gasteiger partial charge in [0.2, 0.25) is 5.91 Å². The zero-order valence-electron chi connectivity index (χ0n) is 20.2. The molecule has 0 spiro atoms. The second kappa shape index (κ2) is 10.9. The summed E-state index contributed by atoms with van der Waals surface area (Å²) in [4.78, 5) is 36.4. The van der Waals surface area contributed by atoms with Crippen LogP contribution in [-0.4, -0.2) is 45.4 Å². The molecule has 1 unspecified atom stereocenters. The van der Waals surface area contributed by atoms with Crippen molar-refractivity contribution in [3.05, 3.63) is 42.5 Å². The Hall–Kier alpha value is -3.43. The predicted molar refractivity (Wildman–Crippen MR) is 129 cm³/mol. The maximum absolute atomic E-state index is 12.5. The number of alkyl halides is 3. The SMILES string of the molecule is CC(C)CC(=O)Cc1cnc2[nH]cc(-c3cncc(NC(C(=O)NCC(F)(F)F)C(C)C)c3)c2c1. The molecule has 3 rings (SSSR count). The Morgan fingerprint density at radius 1 is 1.09 bits per heavy atom. The second-order valence-corrected chi connectivity index (χ2v) is 9.42. The van der Waals surface area contributed by atoms with Crippen molar-refractivity contribution in [3.8, 4) is 11.1 Å². The summed E-state index contributed by atoms with van der Waals surface area (Å²) in [5.41, 5.74) is 3.50. The van der Waals surface area contributed by atoms with Crippen LogP contribution in [0.15, 0.2) is 36.9 Å². The van der Waals surface area contributed by atoms with Gasteiger partial charge in [0.25, 0.3) is 0 Å². The van der Waals surface area contributed by atoms with Gasteiger partial charge in [-0.15, -0.1) is 0 Å². The van der Waals surface area contributed by atoms with Crippen molar-refractivity contribution in [2.45, 2.75) is 52.8 Å². The van der Waals surface area contributed by atoms with Crippen molar-refractivity contribution in [2.24, 2.45) is 11.8 Å². The Morgan fingerprint density at radius 2 is 1.83 bits per heavy atom. The Balaban J connectivity index is 1.83. The van der Waals surface area contributed by atoms with E-state index < -0.39 is 24.7 Å². The Kier molecular flexibility index (Phi) is 8.14.